The number of para-hydroxylation sites is 4. The van der Waals surface area contributed by atoms with Crippen LogP contribution in [-0.2, 0) is 0 Å². The van der Waals surface area contributed by atoms with E-state index in [9.17, 15) is 0 Å². The SMILES string of the molecule is c1ccc(-n2c3ccccc3c3cnc(-c4cccc5c4oc4ccccc45)cc32)cc1. The van der Waals surface area contributed by atoms with E-state index in [4.69, 9.17) is 9.40 Å². The first kappa shape index (κ1) is 17.3. The summed E-state index contributed by atoms with van der Waals surface area (Å²) in [6, 6.07) is 35.6. The van der Waals surface area contributed by atoms with Gasteiger partial charge in [-0.25, -0.2) is 0 Å². The number of pyridine rings is 1. The molecule has 0 bridgehead atoms. The molecule has 0 aliphatic carbocycles. The van der Waals surface area contributed by atoms with Gasteiger partial charge in [-0.1, -0.05) is 66.7 Å². The lowest BCUT2D eigenvalue weighted by atomic mass is 10.1. The number of fused-ring (bicyclic) bond motifs is 6. The van der Waals surface area contributed by atoms with Crippen LogP contribution >= 0.6 is 0 Å². The van der Waals surface area contributed by atoms with Crippen LogP contribution in [0, 0.1) is 0 Å². The van der Waals surface area contributed by atoms with Gasteiger partial charge in [0.25, 0.3) is 0 Å². The van der Waals surface area contributed by atoms with Gasteiger partial charge in [0, 0.05) is 39.0 Å². The molecule has 0 atom stereocenters. The van der Waals surface area contributed by atoms with Crippen LogP contribution < -0.4 is 0 Å². The van der Waals surface area contributed by atoms with E-state index in [1.54, 1.807) is 0 Å². The average molecular weight is 410 g/mol. The maximum absolute atomic E-state index is 6.28. The van der Waals surface area contributed by atoms with Crippen molar-refractivity contribution in [2.75, 3.05) is 0 Å². The Morgan fingerprint density at radius 1 is 0.594 bits per heavy atom. The minimum Gasteiger partial charge on any atom is -0.455 e. The summed E-state index contributed by atoms with van der Waals surface area (Å²) in [7, 11) is 0. The third-order valence-corrected chi connectivity index (χ3v) is 6.25. The molecule has 0 amide bonds. The van der Waals surface area contributed by atoms with E-state index in [2.05, 4.69) is 83.4 Å². The quantitative estimate of drug-likeness (QED) is 0.292. The highest BCUT2D eigenvalue weighted by atomic mass is 16.3. The number of hydrogen-bond acceptors (Lipinski definition) is 2. The maximum Gasteiger partial charge on any atom is 0.144 e. The lowest BCUT2D eigenvalue weighted by Gasteiger charge is -2.08. The van der Waals surface area contributed by atoms with E-state index >= 15 is 0 Å². The fourth-order valence-corrected chi connectivity index (χ4v) is 4.81. The van der Waals surface area contributed by atoms with Crippen molar-refractivity contribution in [1.29, 1.82) is 0 Å². The predicted molar refractivity (Wildman–Crippen MR) is 131 cm³/mol. The number of aromatic nitrogens is 2. The molecule has 0 fully saturated rings. The zero-order valence-corrected chi connectivity index (χ0v) is 17.2. The summed E-state index contributed by atoms with van der Waals surface area (Å²) in [5, 5.41) is 4.59. The van der Waals surface area contributed by atoms with Gasteiger partial charge in [0.1, 0.15) is 11.2 Å². The van der Waals surface area contributed by atoms with Crippen LogP contribution in [0.1, 0.15) is 0 Å². The molecule has 7 aromatic rings. The summed E-state index contributed by atoms with van der Waals surface area (Å²) in [6.45, 7) is 0. The summed E-state index contributed by atoms with van der Waals surface area (Å²) >= 11 is 0. The van der Waals surface area contributed by atoms with Crippen LogP contribution in [0.15, 0.2) is 114 Å². The Kier molecular flexibility index (Phi) is 3.55. The van der Waals surface area contributed by atoms with Crippen molar-refractivity contribution >= 4 is 43.7 Å². The molecule has 0 saturated carbocycles. The minimum atomic E-state index is 0.878. The number of hydrogen-bond donors (Lipinski definition) is 0. The molecule has 3 aromatic heterocycles. The average Bonchev–Trinajstić information content (AvgIpc) is 3.40. The van der Waals surface area contributed by atoms with Crippen LogP contribution in [-0.4, -0.2) is 9.55 Å². The van der Waals surface area contributed by atoms with Crippen LogP contribution in [0.25, 0.3) is 60.7 Å². The molecule has 0 unspecified atom stereocenters. The highest BCUT2D eigenvalue weighted by Crippen LogP contribution is 2.37. The van der Waals surface area contributed by atoms with Gasteiger partial charge in [-0.15, -0.1) is 0 Å². The summed E-state index contributed by atoms with van der Waals surface area (Å²) < 4.78 is 8.59. The van der Waals surface area contributed by atoms with Crippen LogP contribution in [0.5, 0.6) is 0 Å². The van der Waals surface area contributed by atoms with Gasteiger partial charge in [0.05, 0.1) is 16.7 Å². The summed E-state index contributed by atoms with van der Waals surface area (Å²) in [4.78, 5) is 4.88. The first-order valence-electron chi connectivity index (χ1n) is 10.7. The van der Waals surface area contributed by atoms with Crippen LogP contribution in [0.2, 0.25) is 0 Å². The molecule has 7 rings (SSSR count). The second-order valence-electron chi connectivity index (χ2n) is 8.06. The molecule has 3 heterocycles. The molecule has 0 saturated heterocycles. The van der Waals surface area contributed by atoms with Crippen molar-refractivity contribution in [2.45, 2.75) is 0 Å². The fraction of sp³-hybridized carbons (Fsp3) is 0. The van der Waals surface area contributed by atoms with E-state index in [0.717, 1.165) is 49.8 Å². The summed E-state index contributed by atoms with van der Waals surface area (Å²) in [5.74, 6) is 0. The van der Waals surface area contributed by atoms with Crippen molar-refractivity contribution in [2.24, 2.45) is 0 Å². The summed E-state index contributed by atoms with van der Waals surface area (Å²) in [5.41, 5.74) is 7.13. The second-order valence-corrected chi connectivity index (χ2v) is 8.06. The fourth-order valence-electron chi connectivity index (χ4n) is 4.81. The van der Waals surface area contributed by atoms with E-state index in [0.29, 0.717) is 0 Å². The van der Waals surface area contributed by atoms with E-state index < -0.39 is 0 Å². The van der Waals surface area contributed by atoms with E-state index in [1.165, 1.54) is 10.9 Å². The topological polar surface area (TPSA) is 31.0 Å². The zero-order valence-electron chi connectivity index (χ0n) is 17.2. The monoisotopic (exact) mass is 410 g/mol. The molecule has 3 heteroatoms. The van der Waals surface area contributed by atoms with Crippen LogP contribution in [0.3, 0.4) is 0 Å². The third kappa shape index (κ3) is 2.39. The highest BCUT2D eigenvalue weighted by molar-refractivity contribution is 6.12. The standard InChI is InChI=1S/C29H18N2O/c1-2-9-19(10-3-1)31-26-15-6-4-11-20(26)24-18-30-25(17-27(24)31)23-14-8-13-22-21-12-5-7-16-28(21)32-29(22)23/h1-18H. The minimum absolute atomic E-state index is 0.878. The Morgan fingerprint density at radius 3 is 2.25 bits per heavy atom. The van der Waals surface area contributed by atoms with Crippen molar-refractivity contribution in [3.63, 3.8) is 0 Å². The number of benzene rings is 4. The van der Waals surface area contributed by atoms with Crippen molar-refractivity contribution < 1.29 is 4.42 Å². The number of nitrogens with zero attached hydrogens (tertiary/aromatic N) is 2. The molecule has 4 aromatic carbocycles. The summed E-state index contributed by atoms with van der Waals surface area (Å²) in [6.07, 6.45) is 1.99. The molecule has 0 aliphatic heterocycles. The van der Waals surface area contributed by atoms with Gasteiger partial charge in [-0.05, 0) is 36.4 Å². The molecule has 150 valence electrons. The Labute approximate surface area is 184 Å². The third-order valence-electron chi connectivity index (χ3n) is 6.25. The smallest absolute Gasteiger partial charge is 0.144 e. The number of rotatable bonds is 2. The molecule has 3 nitrogen and oxygen atoms in total. The molecular weight excluding hydrogens is 392 g/mol. The Hall–Kier alpha value is -4.37. The van der Waals surface area contributed by atoms with Gasteiger partial charge in [0.2, 0.25) is 0 Å². The van der Waals surface area contributed by atoms with Gasteiger partial charge >= 0.3 is 0 Å². The normalized spacial score (nSPS) is 11.8. The van der Waals surface area contributed by atoms with Gasteiger partial charge < -0.3 is 8.98 Å². The van der Waals surface area contributed by atoms with Gasteiger partial charge in [-0.3, -0.25) is 4.98 Å². The first-order valence-corrected chi connectivity index (χ1v) is 10.7. The Morgan fingerprint density at radius 2 is 1.34 bits per heavy atom. The van der Waals surface area contributed by atoms with Crippen LogP contribution in [0.4, 0.5) is 0 Å². The molecule has 0 radical (unpaired) electrons. The van der Waals surface area contributed by atoms with Crippen molar-refractivity contribution in [1.82, 2.24) is 9.55 Å². The van der Waals surface area contributed by atoms with Crippen molar-refractivity contribution in [3.8, 4) is 16.9 Å². The Bertz CT molecular complexity index is 1770. The molecule has 0 spiro atoms. The zero-order chi connectivity index (χ0) is 21.1. The van der Waals surface area contributed by atoms with E-state index in [1.807, 2.05) is 30.5 Å². The van der Waals surface area contributed by atoms with Crippen molar-refractivity contribution in [3.05, 3.63) is 109 Å². The lowest BCUT2D eigenvalue weighted by molar-refractivity contribution is 0.670. The Balaban J connectivity index is 1.56. The second kappa shape index (κ2) is 6.56. The first-order chi connectivity index (χ1) is 15.9. The molecular formula is C29H18N2O. The predicted octanol–water partition coefficient (Wildman–Crippen LogP) is 7.75. The molecule has 0 aliphatic rings. The largest absolute Gasteiger partial charge is 0.455 e. The molecule has 0 N–H and O–H groups in total. The maximum atomic E-state index is 6.28. The highest BCUT2D eigenvalue weighted by Gasteiger charge is 2.16. The van der Waals surface area contributed by atoms with Gasteiger partial charge in [0.15, 0.2) is 0 Å². The number of furan rings is 1. The van der Waals surface area contributed by atoms with E-state index in [-0.39, 0.29) is 0 Å². The molecule has 32 heavy (non-hydrogen) atoms. The van der Waals surface area contributed by atoms with Gasteiger partial charge in [-0.2, -0.15) is 0 Å². The lowest BCUT2D eigenvalue weighted by Crippen LogP contribution is -1.94.